The van der Waals surface area contributed by atoms with Crippen molar-refractivity contribution in [2.45, 2.75) is 31.0 Å². The van der Waals surface area contributed by atoms with Gasteiger partial charge in [-0.25, -0.2) is 0 Å². The van der Waals surface area contributed by atoms with Crippen molar-refractivity contribution in [3.8, 4) is 0 Å². The minimum atomic E-state index is -4.92. The molecular formula is C20H21F6NO2. The predicted molar refractivity (Wildman–Crippen MR) is 95.0 cm³/mol. The molecule has 9 heteroatoms. The Morgan fingerprint density at radius 1 is 0.862 bits per heavy atom. The van der Waals surface area contributed by atoms with Crippen molar-refractivity contribution in [1.29, 1.82) is 0 Å². The molecule has 2 rings (SSSR count). The Morgan fingerprint density at radius 2 is 1.41 bits per heavy atom. The molecule has 0 aliphatic rings. The summed E-state index contributed by atoms with van der Waals surface area (Å²) >= 11 is 0. The standard InChI is InChI=1S/C20H21F6NO2/c1-27-8-7-18(28,15-5-3-2-4-6-15)13-29-12-14-9-16(19(21,22)23)11-17(10-14)20(24,25)26/h2-6,9-11,27-28H,7-8,12-13H2,1H3. The van der Waals surface area contributed by atoms with Crippen molar-refractivity contribution in [3.05, 3.63) is 70.8 Å². The minimum Gasteiger partial charge on any atom is -0.383 e. The molecule has 0 heterocycles. The molecular weight excluding hydrogens is 400 g/mol. The van der Waals surface area contributed by atoms with Gasteiger partial charge in [0.25, 0.3) is 0 Å². The Kier molecular flexibility index (Phi) is 7.31. The molecule has 0 radical (unpaired) electrons. The molecule has 3 nitrogen and oxygen atoms in total. The van der Waals surface area contributed by atoms with Crippen LogP contribution in [0.1, 0.15) is 28.7 Å². The largest absolute Gasteiger partial charge is 0.416 e. The van der Waals surface area contributed by atoms with Crippen molar-refractivity contribution in [2.75, 3.05) is 20.2 Å². The van der Waals surface area contributed by atoms with Crippen LogP contribution in [-0.2, 0) is 29.3 Å². The van der Waals surface area contributed by atoms with Crippen LogP contribution in [0, 0.1) is 0 Å². The fraction of sp³-hybridized carbons (Fsp3) is 0.400. The normalized spacial score (nSPS) is 14.6. The highest BCUT2D eigenvalue weighted by Crippen LogP contribution is 2.36. The van der Waals surface area contributed by atoms with Gasteiger partial charge in [-0.1, -0.05) is 30.3 Å². The van der Waals surface area contributed by atoms with Crippen LogP contribution < -0.4 is 5.32 Å². The summed E-state index contributed by atoms with van der Waals surface area (Å²) in [5.41, 5.74) is -4.00. The van der Waals surface area contributed by atoms with Gasteiger partial charge in [-0.15, -0.1) is 0 Å². The summed E-state index contributed by atoms with van der Waals surface area (Å²) in [7, 11) is 1.69. The lowest BCUT2D eigenvalue weighted by atomic mass is 9.91. The van der Waals surface area contributed by atoms with Gasteiger partial charge in [0, 0.05) is 0 Å². The molecule has 2 aromatic carbocycles. The van der Waals surface area contributed by atoms with Gasteiger partial charge in [0.05, 0.1) is 24.3 Å². The Hall–Kier alpha value is -2.10. The third-order valence-corrected chi connectivity index (χ3v) is 4.36. The summed E-state index contributed by atoms with van der Waals surface area (Å²) in [6.45, 7) is -0.380. The topological polar surface area (TPSA) is 41.5 Å². The van der Waals surface area contributed by atoms with Gasteiger partial charge in [-0.05, 0) is 49.3 Å². The first-order chi connectivity index (χ1) is 13.5. The van der Waals surface area contributed by atoms with Gasteiger partial charge >= 0.3 is 12.4 Å². The highest BCUT2D eigenvalue weighted by Gasteiger charge is 2.37. The zero-order chi connectivity index (χ0) is 21.7. The summed E-state index contributed by atoms with van der Waals surface area (Å²) in [5, 5.41) is 13.8. The van der Waals surface area contributed by atoms with E-state index < -0.39 is 35.7 Å². The minimum absolute atomic E-state index is 0.0662. The molecule has 0 aliphatic heterocycles. The smallest absolute Gasteiger partial charge is 0.383 e. The lowest BCUT2D eigenvalue weighted by molar-refractivity contribution is -0.143. The van der Waals surface area contributed by atoms with Gasteiger partial charge in [0.2, 0.25) is 0 Å². The number of halogens is 6. The highest BCUT2D eigenvalue weighted by atomic mass is 19.4. The van der Waals surface area contributed by atoms with Crippen LogP contribution in [0.4, 0.5) is 26.3 Å². The first kappa shape index (κ1) is 23.2. The van der Waals surface area contributed by atoms with Crippen LogP contribution in [0.25, 0.3) is 0 Å². The maximum absolute atomic E-state index is 13.0. The number of hydrogen-bond donors (Lipinski definition) is 2. The quantitative estimate of drug-likeness (QED) is 0.605. The van der Waals surface area contributed by atoms with Gasteiger partial charge in [-0.2, -0.15) is 26.3 Å². The number of hydrogen-bond acceptors (Lipinski definition) is 3. The maximum Gasteiger partial charge on any atom is 0.416 e. The average molecular weight is 421 g/mol. The molecule has 2 N–H and O–H groups in total. The molecule has 2 aromatic rings. The monoisotopic (exact) mass is 421 g/mol. The van der Waals surface area contributed by atoms with Crippen LogP contribution in [-0.4, -0.2) is 25.3 Å². The fourth-order valence-electron chi connectivity index (χ4n) is 2.82. The van der Waals surface area contributed by atoms with E-state index in [0.717, 1.165) is 0 Å². The van der Waals surface area contributed by atoms with E-state index in [2.05, 4.69) is 5.32 Å². The highest BCUT2D eigenvalue weighted by molar-refractivity contribution is 5.33. The van der Waals surface area contributed by atoms with Crippen molar-refractivity contribution in [2.24, 2.45) is 0 Å². The van der Waals surface area contributed by atoms with E-state index in [-0.39, 0.29) is 24.7 Å². The van der Waals surface area contributed by atoms with E-state index in [1.807, 2.05) is 0 Å². The van der Waals surface area contributed by atoms with Crippen molar-refractivity contribution >= 4 is 0 Å². The van der Waals surface area contributed by atoms with Crippen LogP contribution in [0.15, 0.2) is 48.5 Å². The number of aliphatic hydroxyl groups is 1. The lowest BCUT2D eigenvalue weighted by Gasteiger charge is -2.28. The number of alkyl halides is 6. The van der Waals surface area contributed by atoms with Crippen LogP contribution in [0.2, 0.25) is 0 Å². The first-order valence-electron chi connectivity index (χ1n) is 8.74. The molecule has 0 fully saturated rings. The number of ether oxygens (including phenoxy) is 1. The zero-order valence-electron chi connectivity index (χ0n) is 15.6. The van der Waals surface area contributed by atoms with E-state index in [0.29, 0.717) is 24.2 Å². The molecule has 0 saturated carbocycles. The van der Waals surface area contributed by atoms with Crippen LogP contribution >= 0.6 is 0 Å². The molecule has 0 saturated heterocycles. The third-order valence-electron chi connectivity index (χ3n) is 4.36. The van der Waals surface area contributed by atoms with Gasteiger partial charge in [-0.3, -0.25) is 0 Å². The molecule has 0 aromatic heterocycles. The Morgan fingerprint density at radius 3 is 1.90 bits per heavy atom. The second kappa shape index (κ2) is 9.15. The van der Waals surface area contributed by atoms with E-state index >= 15 is 0 Å². The van der Waals surface area contributed by atoms with E-state index in [9.17, 15) is 31.4 Å². The number of nitrogens with one attached hydrogen (secondary N) is 1. The maximum atomic E-state index is 13.0. The van der Waals surface area contributed by atoms with Crippen LogP contribution in [0.3, 0.4) is 0 Å². The number of benzene rings is 2. The zero-order valence-corrected chi connectivity index (χ0v) is 15.6. The average Bonchev–Trinajstić information content (AvgIpc) is 2.65. The van der Waals surface area contributed by atoms with Crippen molar-refractivity contribution < 1.29 is 36.2 Å². The van der Waals surface area contributed by atoms with Gasteiger partial charge < -0.3 is 15.2 Å². The molecule has 0 aliphatic carbocycles. The fourth-order valence-corrected chi connectivity index (χ4v) is 2.82. The summed E-state index contributed by atoms with van der Waals surface area (Å²) < 4.78 is 83.1. The predicted octanol–water partition coefficient (Wildman–Crippen LogP) is 4.74. The number of rotatable bonds is 8. The Bertz CT molecular complexity index is 760. The SMILES string of the molecule is CNCCC(O)(COCc1cc(C(F)(F)F)cc(C(F)(F)F)c1)c1ccccc1. The Labute approximate surface area is 164 Å². The second-order valence-corrected chi connectivity index (χ2v) is 6.66. The van der Waals surface area contributed by atoms with Crippen LogP contribution in [0.5, 0.6) is 0 Å². The van der Waals surface area contributed by atoms with E-state index in [1.54, 1.807) is 37.4 Å². The van der Waals surface area contributed by atoms with E-state index in [4.69, 9.17) is 4.74 Å². The lowest BCUT2D eigenvalue weighted by Crippen LogP contribution is -2.34. The summed E-state index contributed by atoms with van der Waals surface area (Å²) in [5.74, 6) is 0. The summed E-state index contributed by atoms with van der Waals surface area (Å²) in [6, 6.07) is 9.82. The molecule has 1 unspecified atom stereocenters. The van der Waals surface area contributed by atoms with E-state index in [1.165, 1.54) is 0 Å². The molecule has 0 amide bonds. The summed E-state index contributed by atoms with van der Waals surface area (Å²) in [6.07, 6.45) is -9.61. The summed E-state index contributed by atoms with van der Waals surface area (Å²) in [4.78, 5) is 0. The molecule has 29 heavy (non-hydrogen) atoms. The van der Waals surface area contributed by atoms with Gasteiger partial charge in [0.15, 0.2) is 0 Å². The third kappa shape index (κ3) is 6.45. The Balaban J connectivity index is 2.21. The molecule has 160 valence electrons. The molecule has 0 spiro atoms. The molecule has 0 bridgehead atoms. The second-order valence-electron chi connectivity index (χ2n) is 6.66. The molecule has 1 atom stereocenters. The van der Waals surface area contributed by atoms with Crippen molar-refractivity contribution in [3.63, 3.8) is 0 Å². The van der Waals surface area contributed by atoms with Gasteiger partial charge in [0.1, 0.15) is 5.60 Å². The van der Waals surface area contributed by atoms with Crippen molar-refractivity contribution in [1.82, 2.24) is 5.32 Å². The first-order valence-corrected chi connectivity index (χ1v) is 8.74.